The molecule has 1 amide bonds. The van der Waals surface area contributed by atoms with E-state index in [1.54, 1.807) is 0 Å². The van der Waals surface area contributed by atoms with Crippen LogP contribution in [0.25, 0.3) is 0 Å². The SMILES string of the molecule is CC1(C)OC(=O)N2CCNC[C@H]21.Cl. The Hall–Kier alpha value is -0.480. The van der Waals surface area contributed by atoms with Gasteiger partial charge >= 0.3 is 6.09 Å². The number of halogens is 1. The number of piperazine rings is 1. The standard InChI is InChI=1S/C8H14N2O2.ClH/c1-8(2)6-5-9-3-4-10(6)7(11)12-8;/h6,9H,3-5H2,1-2H3;1H/t6-;/m0./s1. The molecule has 0 aromatic heterocycles. The summed E-state index contributed by atoms with van der Waals surface area (Å²) in [7, 11) is 0. The molecular formula is C8H15ClN2O2. The van der Waals surface area contributed by atoms with Crippen LogP contribution < -0.4 is 5.32 Å². The number of fused-ring (bicyclic) bond motifs is 1. The second-order valence-electron chi connectivity index (χ2n) is 3.88. The van der Waals surface area contributed by atoms with Gasteiger partial charge in [-0.05, 0) is 13.8 Å². The largest absolute Gasteiger partial charge is 0.441 e. The van der Waals surface area contributed by atoms with Crippen molar-refractivity contribution in [2.75, 3.05) is 19.6 Å². The molecule has 76 valence electrons. The first-order valence-electron chi connectivity index (χ1n) is 4.31. The van der Waals surface area contributed by atoms with Crippen LogP contribution in [0, 0.1) is 0 Å². The molecule has 2 heterocycles. The van der Waals surface area contributed by atoms with Crippen molar-refractivity contribution >= 4 is 18.5 Å². The van der Waals surface area contributed by atoms with E-state index in [4.69, 9.17) is 4.74 Å². The summed E-state index contributed by atoms with van der Waals surface area (Å²) in [5.74, 6) is 0. The zero-order valence-corrected chi connectivity index (χ0v) is 8.69. The maximum absolute atomic E-state index is 11.3. The first-order valence-corrected chi connectivity index (χ1v) is 4.31. The monoisotopic (exact) mass is 206 g/mol. The van der Waals surface area contributed by atoms with Gasteiger partial charge in [-0.2, -0.15) is 0 Å². The minimum atomic E-state index is -0.329. The van der Waals surface area contributed by atoms with Crippen molar-refractivity contribution in [3.8, 4) is 0 Å². The lowest BCUT2D eigenvalue weighted by Crippen LogP contribution is -2.54. The molecule has 0 aromatic rings. The van der Waals surface area contributed by atoms with E-state index in [0.717, 1.165) is 19.6 Å². The minimum Gasteiger partial charge on any atom is -0.441 e. The quantitative estimate of drug-likeness (QED) is 0.632. The van der Waals surface area contributed by atoms with Crippen molar-refractivity contribution in [3.63, 3.8) is 0 Å². The fourth-order valence-corrected chi connectivity index (χ4v) is 1.90. The summed E-state index contributed by atoms with van der Waals surface area (Å²) >= 11 is 0. The second kappa shape index (κ2) is 3.35. The van der Waals surface area contributed by atoms with Crippen molar-refractivity contribution in [1.82, 2.24) is 10.2 Å². The number of carbonyl (C=O) groups is 1. The average Bonchev–Trinajstić information content (AvgIpc) is 2.25. The Morgan fingerprint density at radius 2 is 2.31 bits per heavy atom. The van der Waals surface area contributed by atoms with Gasteiger partial charge in [0.2, 0.25) is 0 Å². The van der Waals surface area contributed by atoms with Gasteiger partial charge in [0.1, 0.15) is 5.60 Å². The summed E-state index contributed by atoms with van der Waals surface area (Å²) in [4.78, 5) is 13.1. The minimum absolute atomic E-state index is 0. The van der Waals surface area contributed by atoms with E-state index < -0.39 is 0 Å². The highest BCUT2D eigenvalue weighted by Gasteiger charge is 2.48. The molecule has 0 saturated carbocycles. The lowest BCUT2D eigenvalue weighted by Gasteiger charge is -2.32. The number of hydrogen-bond acceptors (Lipinski definition) is 3. The van der Waals surface area contributed by atoms with Gasteiger partial charge in [-0.15, -0.1) is 12.4 Å². The number of rotatable bonds is 0. The molecule has 0 radical (unpaired) electrons. The number of nitrogens with zero attached hydrogens (tertiary/aromatic N) is 1. The third-order valence-corrected chi connectivity index (χ3v) is 2.63. The molecule has 1 N–H and O–H groups in total. The lowest BCUT2D eigenvalue weighted by molar-refractivity contribution is 0.0660. The van der Waals surface area contributed by atoms with Crippen LogP contribution in [-0.2, 0) is 4.74 Å². The Labute approximate surface area is 84.0 Å². The normalized spacial score (nSPS) is 30.5. The van der Waals surface area contributed by atoms with E-state index >= 15 is 0 Å². The van der Waals surface area contributed by atoms with E-state index in [2.05, 4.69) is 5.32 Å². The molecule has 0 aliphatic carbocycles. The highest BCUT2D eigenvalue weighted by molar-refractivity contribution is 5.85. The van der Waals surface area contributed by atoms with Gasteiger partial charge in [0.25, 0.3) is 0 Å². The van der Waals surface area contributed by atoms with Crippen LogP contribution >= 0.6 is 12.4 Å². The summed E-state index contributed by atoms with van der Waals surface area (Å²) in [5.41, 5.74) is -0.329. The molecule has 2 rings (SSSR count). The van der Waals surface area contributed by atoms with Crippen LogP contribution in [0.15, 0.2) is 0 Å². The molecule has 2 fully saturated rings. The van der Waals surface area contributed by atoms with Crippen molar-refractivity contribution in [2.45, 2.75) is 25.5 Å². The number of hydrogen-bond donors (Lipinski definition) is 1. The summed E-state index contributed by atoms with van der Waals surface area (Å²) in [6.45, 7) is 6.42. The van der Waals surface area contributed by atoms with Crippen molar-refractivity contribution in [3.05, 3.63) is 0 Å². The topological polar surface area (TPSA) is 41.6 Å². The summed E-state index contributed by atoms with van der Waals surface area (Å²) in [6, 6.07) is 0.207. The predicted molar refractivity (Wildman–Crippen MR) is 51.2 cm³/mol. The Balaban J connectivity index is 0.000000845. The fraction of sp³-hybridized carbons (Fsp3) is 0.875. The molecule has 1 atom stereocenters. The third-order valence-electron chi connectivity index (χ3n) is 2.63. The van der Waals surface area contributed by atoms with Crippen LogP contribution in [0.1, 0.15) is 13.8 Å². The number of carbonyl (C=O) groups excluding carboxylic acids is 1. The Morgan fingerprint density at radius 3 is 2.92 bits per heavy atom. The lowest BCUT2D eigenvalue weighted by atomic mass is 9.97. The van der Waals surface area contributed by atoms with E-state index in [1.807, 2.05) is 18.7 Å². The van der Waals surface area contributed by atoms with Crippen LogP contribution in [0.3, 0.4) is 0 Å². The van der Waals surface area contributed by atoms with Crippen molar-refractivity contribution < 1.29 is 9.53 Å². The van der Waals surface area contributed by atoms with E-state index in [9.17, 15) is 4.79 Å². The zero-order chi connectivity index (χ0) is 8.77. The van der Waals surface area contributed by atoms with Crippen LogP contribution in [-0.4, -0.2) is 42.3 Å². The van der Waals surface area contributed by atoms with Gasteiger partial charge in [0, 0.05) is 19.6 Å². The number of ether oxygens (including phenoxy) is 1. The molecular weight excluding hydrogens is 192 g/mol. The molecule has 0 unspecified atom stereocenters. The molecule has 2 aliphatic heterocycles. The molecule has 5 heteroatoms. The Morgan fingerprint density at radius 1 is 1.62 bits per heavy atom. The third kappa shape index (κ3) is 1.60. The first kappa shape index (κ1) is 10.6. The highest BCUT2D eigenvalue weighted by Crippen LogP contribution is 2.29. The molecule has 13 heavy (non-hydrogen) atoms. The zero-order valence-electron chi connectivity index (χ0n) is 7.87. The predicted octanol–water partition coefficient (Wildman–Crippen LogP) is 0.611. The van der Waals surface area contributed by atoms with Gasteiger partial charge in [-0.25, -0.2) is 4.79 Å². The van der Waals surface area contributed by atoms with Crippen LogP contribution in [0.5, 0.6) is 0 Å². The smallest absolute Gasteiger partial charge is 0.410 e. The van der Waals surface area contributed by atoms with Crippen molar-refractivity contribution in [2.24, 2.45) is 0 Å². The first-order chi connectivity index (χ1) is 5.61. The molecule has 0 spiro atoms. The van der Waals surface area contributed by atoms with Gasteiger partial charge in [-0.3, -0.25) is 4.90 Å². The van der Waals surface area contributed by atoms with Gasteiger partial charge in [-0.1, -0.05) is 0 Å². The maximum atomic E-state index is 11.3. The molecule has 0 bridgehead atoms. The fourth-order valence-electron chi connectivity index (χ4n) is 1.90. The van der Waals surface area contributed by atoms with Crippen molar-refractivity contribution in [1.29, 1.82) is 0 Å². The van der Waals surface area contributed by atoms with Gasteiger partial charge < -0.3 is 10.1 Å². The maximum Gasteiger partial charge on any atom is 0.410 e. The van der Waals surface area contributed by atoms with Crippen LogP contribution in [0.2, 0.25) is 0 Å². The second-order valence-corrected chi connectivity index (χ2v) is 3.88. The van der Waals surface area contributed by atoms with Gasteiger partial charge in [0.05, 0.1) is 6.04 Å². The van der Waals surface area contributed by atoms with E-state index in [1.165, 1.54) is 0 Å². The molecule has 2 saturated heterocycles. The average molecular weight is 207 g/mol. The summed E-state index contributed by atoms with van der Waals surface area (Å²) in [5, 5.41) is 3.26. The molecule has 2 aliphatic rings. The van der Waals surface area contributed by atoms with E-state index in [0.29, 0.717) is 0 Å². The Bertz CT molecular complexity index is 220. The molecule has 0 aromatic carbocycles. The van der Waals surface area contributed by atoms with E-state index in [-0.39, 0.29) is 30.1 Å². The van der Waals surface area contributed by atoms with Gasteiger partial charge in [0.15, 0.2) is 0 Å². The number of cyclic esters (lactones) is 1. The summed E-state index contributed by atoms with van der Waals surface area (Å²) < 4.78 is 5.24. The Kier molecular flexibility index (Phi) is 2.73. The number of nitrogens with one attached hydrogen (secondary N) is 1. The number of amides is 1. The van der Waals surface area contributed by atoms with Crippen LogP contribution in [0.4, 0.5) is 4.79 Å². The molecule has 4 nitrogen and oxygen atoms in total. The summed E-state index contributed by atoms with van der Waals surface area (Å²) in [6.07, 6.45) is -0.161. The highest BCUT2D eigenvalue weighted by atomic mass is 35.5.